The van der Waals surface area contributed by atoms with Crippen molar-refractivity contribution in [3.8, 4) is 12.3 Å². The highest BCUT2D eigenvalue weighted by Crippen LogP contribution is 2.30. The molecule has 0 fully saturated rings. The molecule has 0 spiro atoms. The van der Waals surface area contributed by atoms with Crippen LogP contribution in [0.25, 0.3) is 0 Å². The quantitative estimate of drug-likeness (QED) is 0.502. The van der Waals surface area contributed by atoms with Crippen molar-refractivity contribution in [2.45, 2.75) is 19.4 Å². The van der Waals surface area contributed by atoms with Gasteiger partial charge in [-0.1, -0.05) is 0 Å². The third-order valence-corrected chi connectivity index (χ3v) is 3.07. The van der Waals surface area contributed by atoms with Crippen molar-refractivity contribution in [3.05, 3.63) is 32.3 Å². The Morgan fingerprint density at radius 2 is 2.32 bits per heavy atom. The SMILES string of the molecule is C#CCC(N)C(=O)Nc1cc([N+](=O)[O-])c(C)cc1Br. The number of nitro groups is 1. The van der Waals surface area contributed by atoms with Gasteiger partial charge in [-0.3, -0.25) is 14.9 Å². The van der Waals surface area contributed by atoms with Crippen molar-refractivity contribution >= 4 is 33.2 Å². The molecule has 1 atom stereocenters. The first-order valence-corrected chi connectivity index (χ1v) is 6.10. The summed E-state index contributed by atoms with van der Waals surface area (Å²) in [5.74, 6) is 1.79. The summed E-state index contributed by atoms with van der Waals surface area (Å²) in [4.78, 5) is 22.0. The molecule has 0 radical (unpaired) electrons. The molecule has 0 aliphatic rings. The number of anilines is 1. The number of rotatable bonds is 4. The molecule has 1 rings (SSSR count). The average molecular weight is 326 g/mol. The number of hydrogen-bond acceptors (Lipinski definition) is 4. The second-order valence-electron chi connectivity index (χ2n) is 3.88. The number of nitrogens with one attached hydrogen (secondary N) is 1. The molecule has 3 N–H and O–H groups in total. The van der Waals surface area contributed by atoms with E-state index in [9.17, 15) is 14.9 Å². The standard InChI is InChI=1S/C12H12BrN3O3/c1-3-4-9(14)12(17)15-10-6-11(16(18)19)7(2)5-8(10)13/h1,5-6,9H,4,14H2,2H3,(H,15,17). The van der Waals surface area contributed by atoms with E-state index in [1.165, 1.54) is 6.07 Å². The number of nitrogens with two attached hydrogens (primary N) is 1. The highest BCUT2D eigenvalue weighted by molar-refractivity contribution is 9.10. The summed E-state index contributed by atoms with van der Waals surface area (Å²) in [5.41, 5.74) is 6.25. The zero-order valence-corrected chi connectivity index (χ0v) is 11.7. The van der Waals surface area contributed by atoms with Gasteiger partial charge in [-0.05, 0) is 28.9 Å². The van der Waals surface area contributed by atoms with Gasteiger partial charge >= 0.3 is 0 Å². The van der Waals surface area contributed by atoms with Gasteiger partial charge in [0.2, 0.25) is 5.91 Å². The Labute approximate surface area is 118 Å². The third-order valence-electron chi connectivity index (χ3n) is 2.41. The highest BCUT2D eigenvalue weighted by Gasteiger charge is 2.18. The minimum Gasteiger partial charge on any atom is -0.323 e. The van der Waals surface area contributed by atoms with E-state index < -0.39 is 16.9 Å². The van der Waals surface area contributed by atoms with Crippen molar-refractivity contribution < 1.29 is 9.72 Å². The summed E-state index contributed by atoms with van der Waals surface area (Å²) in [5, 5.41) is 13.3. The molecule has 1 amide bonds. The molecule has 0 heterocycles. The largest absolute Gasteiger partial charge is 0.323 e. The van der Waals surface area contributed by atoms with Crippen LogP contribution in [0.3, 0.4) is 0 Å². The van der Waals surface area contributed by atoms with Crippen molar-refractivity contribution in [1.29, 1.82) is 0 Å². The zero-order chi connectivity index (χ0) is 14.6. The Morgan fingerprint density at radius 3 is 2.84 bits per heavy atom. The average Bonchev–Trinajstić information content (AvgIpc) is 2.32. The lowest BCUT2D eigenvalue weighted by Crippen LogP contribution is -2.35. The molecule has 19 heavy (non-hydrogen) atoms. The van der Waals surface area contributed by atoms with Gasteiger partial charge in [0.05, 0.1) is 16.7 Å². The number of carbonyl (C=O) groups excluding carboxylic acids is 1. The van der Waals surface area contributed by atoms with Gasteiger partial charge in [0, 0.05) is 22.5 Å². The number of benzene rings is 1. The fourth-order valence-corrected chi connectivity index (χ4v) is 1.96. The van der Waals surface area contributed by atoms with E-state index >= 15 is 0 Å². The number of hydrogen-bond donors (Lipinski definition) is 2. The van der Waals surface area contributed by atoms with Crippen molar-refractivity contribution in [2.24, 2.45) is 5.73 Å². The predicted molar refractivity (Wildman–Crippen MR) is 75.6 cm³/mol. The first-order chi connectivity index (χ1) is 8.86. The number of aryl methyl sites for hydroxylation is 1. The molecule has 1 aromatic rings. The Morgan fingerprint density at radius 1 is 1.68 bits per heavy atom. The summed E-state index contributed by atoms with van der Waals surface area (Å²) in [6, 6.07) is 1.98. The van der Waals surface area contributed by atoms with Gasteiger partial charge in [0.1, 0.15) is 0 Å². The van der Waals surface area contributed by atoms with Crippen LogP contribution >= 0.6 is 15.9 Å². The van der Waals surface area contributed by atoms with Crippen LogP contribution in [-0.4, -0.2) is 16.9 Å². The van der Waals surface area contributed by atoms with E-state index in [4.69, 9.17) is 12.2 Å². The minimum atomic E-state index is -0.850. The number of amides is 1. The molecule has 0 saturated carbocycles. The number of carbonyl (C=O) groups is 1. The lowest BCUT2D eigenvalue weighted by Gasteiger charge is -2.11. The fraction of sp³-hybridized carbons (Fsp3) is 0.250. The molecular weight excluding hydrogens is 314 g/mol. The van der Waals surface area contributed by atoms with E-state index in [2.05, 4.69) is 27.2 Å². The Kier molecular flexibility index (Phi) is 5.03. The van der Waals surface area contributed by atoms with E-state index in [-0.39, 0.29) is 17.8 Å². The van der Waals surface area contributed by atoms with Crippen LogP contribution in [0.1, 0.15) is 12.0 Å². The summed E-state index contributed by atoms with van der Waals surface area (Å²) >= 11 is 3.23. The van der Waals surface area contributed by atoms with Crippen LogP contribution < -0.4 is 11.1 Å². The van der Waals surface area contributed by atoms with Crippen LogP contribution in [0.4, 0.5) is 11.4 Å². The summed E-state index contributed by atoms with van der Waals surface area (Å²) in [6.45, 7) is 1.61. The maximum absolute atomic E-state index is 11.7. The smallest absolute Gasteiger partial charge is 0.274 e. The maximum Gasteiger partial charge on any atom is 0.274 e. The lowest BCUT2D eigenvalue weighted by atomic mass is 10.1. The molecule has 100 valence electrons. The molecule has 1 unspecified atom stereocenters. The van der Waals surface area contributed by atoms with E-state index in [1.54, 1.807) is 13.0 Å². The Hall–Kier alpha value is -1.91. The molecule has 0 saturated heterocycles. The topological polar surface area (TPSA) is 98.3 Å². The van der Waals surface area contributed by atoms with Crippen molar-refractivity contribution in [3.63, 3.8) is 0 Å². The molecule has 0 bridgehead atoms. The van der Waals surface area contributed by atoms with E-state index in [0.29, 0.717) is 10.0 Å². The minimum absolute atomic E-state index is 0.0796. The van der Waals surface area contributed by atoms with Gasteiger partial charge in [-0.15, -0.1) is 12.3 Å². The Bertz CT molecular complexity index is 566. The molecule has 1 aromatic carbocycles. The van der Waals surface area contributed by atoms with Crippen LogP contribution in [-0.2, 0) is 4.79 Å². The lowest BCUT2D eigenvalue weighted by molar-refractivity contribution is -0.385. The molecular formula is C12H12BrN3O3. The summed E-state index contributed by atoms with van der Waals surface area (Å²) in [6.07, 6.45) is 5.16. The Balaban J connectivity index is 3.02. The predicted octanol–water partition coefficient (Wildman–Crippen LogP) is 1.95. The number of halogens is 1. The number of terminal acetylenes is 1. The third kappa shape index (κ3) is 3.77. The van der Waals surface area contributed by atoms with Gasteiger partial charge in [-0.2, -0.15) is 0 Å². The number of nitrogens with zero attached hydrogens (tertiary/aromatic N) is 1. The first-order valence-electron chi connectivity index (χ1n) is 5.31. The second kappa shape index (κ2) is 6.31. The van der Waals surface area contributed by atoms with Gasteiger partial charge < -0.3 is 11.1 Å². The van der Waals surface area contributed by atoms with Crippen LogP contribution in [0.5, 0.6) is 0 Å². The van der Waals surface area contributed by atoms with E-state index in [0.717, 1.165) is 0 Å². The highest BCUT2D eigenvalue weighted by atomic mass is 79.9. The van der Waals surface area contributed by atoms with Gasteiger partial charge in [0.25, 0.3) is 5.69 Å². The maximum atomic E-state index is 11.7. The first kappa shape index (κ1) is 15.1. The summed E-state index contributed by atoms with van der Waals surface area (Å²) in [7, 11) is 0. The van der Waals surface area contributed by atoms with Crippen LogP contribution in [0.15, 0.2) is 16.6 Å². The van der Waals surface area contributed by atoms with Gasteiger partial charge in [-0.25, -0.2) is 0 Å². The molecule has 0 aliphatic carbocycles. The monoisotopic (exact) mass is 325 g/mol. The molecule has 6 nitrogen and oxygen atoms in total. The fourth-order valence-electron chi connectivity index (χ4n) is 1.40. The normalized spacial score (nSPS) is 11.5. The second-order valence-corrected chi connectivity index (χ2v) is 4.73. The molecule has 0 aliphatic heterocycles. The molecule has 0 aromatic heterocycles. The summed E-state index contributed by atoms with van der Waals surface area (Å²) < 4.78 is 0.539. The molecule has 7 heteroatoms. The number of nitro benzene ring substituents is 1. The van der Waals surface area contributed by atoms with Gasteiger partial charge in [0.15, 0.2) is 0 Å². The van der Waals surface area contributed by atoms with Crippen LogP contribution in [0, 0.1) is 29.4 Å². The van der Waals surface area contributed by atoms with Crippen LogP contribution in [0.2, 0.25) is 0 Å². The van der Waals surface area contributed by atoms with E-state index in [1.807, 2.05) is 0 Å². The van der Waals surface area contributed by atoms with Crippen molar-refractivity contribution in [1.82, 2.24) is 0 Å². The van der Waals surface area contributed by atoms with Crippen molar-refractivity contribution in [2.75, 3.05) is 5.32 Å². The zero-order valence-electron chi connectivity index (χ0n) is 10.1.